The molecule has 3 aromatic rings. The second-order valence-electron chi connectivity index (χ2n) is 9.05. The molecule has 6 rings (SSSR count). The Bertz CT molecular complexity index is 1250. The molecular formula is C22H28N10O4. The second kappa shape index (κ2) is 9.26. The van der Waals surface area contributed by atoms with Gasteiger partial charge in [0, 0.05) is 45.8 Å². The summed E-state index contributed by atoms with van der Waals surface area (Å²) in [5.74, 6) is 1.66. The van der Waals surface area contributed by atoms with E-state index in [1.807, 2.05) is 19.6 Å². The highest BCUT2D eigenvalue weighted by Gasteiger charge is 2.37. The number of nitrogens with zero attached hydrogens (tertiary/aromatic N) is 9. The molecule has 3 aliphatic heterocycles. The minimum Gasteiger partial charge on any atom is -0.461 e. The number of hydrogen-bond donors (Lipinski definition) is 1. The molecule has 0 aliphatic carbocycles. The number of rotatable bonds is 3. The highest BCUT2D eigenvalue weighted by atomic mass is 16.5. The number of piperazine rings is 1. The van der Waals surface area contributed by atoms with Crippen molar-refractivity contribution >= 4 is 29.6 Å². The molecule has 0 bridgehead atoms. The molecule has 0 saturated carbocycles. The van der Waals surface area contributed by atoms with Gasteiger partial charge in [0.25, 0.3) is 5.78 Å². The molecule has 14 heteroatoms. The summed E-state index contributed by atoms with van der Waals surface area (Å²) in [6, 6.07) is 3.14. The van der Waals surface area contributed by atoms with Crippen LogP contribution >= 0.6 is 0 Å². The molecule has 0 radical (unpaired) electrons. The number of urea groups is 1. The van der Waals surface area contributed by atoms with Gasteiger partial charge in [-0.2, -0.15) is 19.5 Å². The molecular weight excluding hydrogens is 468 g/mol. The van der Waals surface area contributed by atoms with E-state index < -0.39 is 0 Å². The van der Waals surface area contributed by atoms with Gasteiger partial charge in [-0.1, -0.05) is 0 Å². The van der Waals surface area contributed by atoms with Crippen LogP contribution in [0.4, 0.5) is 16.7 Å². The van der Waals surface area contributed by atoms with E-state index in [-0.39, 0.29) is 29.7 Å². The molecule has 0 spiro atoms. The SMILES string of the molecule is Nc1nc(N2CCC[C@@H]2C(=O)N2CCN(C(=O)N3CCOCC3)CC2)nc2nc(-c3ccco3)nn12. The first-order chi connectivity index (χ1) is 17.6. The zero-order valence-electron chi connectivity index (χ0n) is 19.8. The number of carbonyl (C=O) groups excluding carboxylic acids is 2. The predicted octanol–water partition coefficient (Wildman–Crippen LogP) is -0.0733. The van der Waals surface area contributed by atoms with Crippen LogP contribution in [0.1, 0.15) is 12.8 Å². The fourth-order valence-corrected chi connectivity index (χ4v) is 4.98. The molecule has 190 valence electrons. The molecule has 1 atom stereocenters. The molecule has 14 nitrogen and oxygen atoms in total. The Morgan fingerprint density at radius 2 is 1.69 bits per heavy atom. The highest BCUT2D eigenvalue weighted by Crippen LogP contribution is 2.26. The summed E-state index contributed by atoms with van der Waals surface area (Å²) in [5.41, 5.74) is 6.17. The van der Waals surface area contributed by atoms with Crippen LogP contribution in [-0.2, 0) is 9.53 Å². The third-order valence-electron chi connectivity index (χ3n) is 6.90. The van der Waals surface area contributed by atoms with Crippen LogP contribution in [0.3, 0.4) is 0 Å². The fourth-order valence-electron chi connectivity index (χ4n) is 4.98. The molecule has 6 heterocycles. The normalized spacial score (nSPS) is 20.9. The summed E-state index contributed by atoms with van der Waals surface area (Å²) < 4.78 is 12.1. The quantitative estimate of drug-likeness (QED) is 0.521. The first-order valence-corrected chi connectivity index (χ1v) is 12.2. The summed E-state index contributed by atoms with van der Waals surface area (Å²) in [7, 11) is 0. The number of nitrogen functional groups attached to an aromatic ring is 1. The summed E-state index contributed by atoms with van der Waals surface area (Å²) in [4.78, 5) is 47.0. The monoisotopic (exact) mass is 496 g/mol. The number of morpholine rings is 1. The van der Waals surface area contributed by atoms with Gasteiger partial charge in [0.15, 0.2) is 5.76 Å². The topological polar surface area (TPSA) is 151 Å². The van der Waals surface area contributed by atoms with E-state index in [0.717, 1.165) is 6.42 Å². The van der Waals surface area contributed by atoms with Crippen molar-refractivity contribution in [2.45, 2.75) is 18.9 Å². The van der Waals surface area contributed by atoms with Gasteiger partial charge in [-0.3, -0.25) is 4.79 Å². The van der Waals surface area contributed by atoms with Crippen LogP contribution < -0.4 is 10.6 Å². The van der Waals surface area contributed by atoms with Crippen molar-refractivity contribution in [1.29, 1.82) is 0 Å². The van der Waals surface area contributed by atoms with Gasteiger partial charge in [0.1, 0.15) is 6.04 Å². The van der Waals surface area contributed by atoms with E-state index in [4.69, 9.17) is 14.9 Å². The number of amides is 3. The third kappa shape index (κ3) is 4.06. The molecule has 3 amide bonds. The standard InChI is InChI=1S/C22H28N10O4/c23-19-25-20(26-21-24-17(27-32(19)21)16-4-2-12-36-16)31-5-1-3-15(31)18(33)28-6-8-29(9-7-28)22(34)30-10-13-35-14-11-30/h2,4,12,15H,1,3,5-11,13-14H2,(H2,23,24,25,26,27)/t15-/m1/s1. The van der Waals surface area contributed by atoms with Crippen LogP contribution in [0.5, 0.6) is 0 Å². The number of carbonyl (C=O) groups is 2. The lowest BCUT2D eigenvalue weighted by Crippen LogP contribution is -2.57. The van der Waals surface area contributed by atoms with Crippen molar-refractivity contribution in [3.63, 3.8) is 0 Å². The van der Waals surface area contributed by atoms with Crippen LogP contribution in [0.15, 0.2) is 22.8 Å². The smallest absolute Gasteiger partial charge is 0.320 e. The summed E-state index contributed by atoms with van der Waals surface area (Å²) >= 11 is 0. The first kappa shape index (κ1) is 22.5. The molecule has 3 aliphatic rings. The zero-order chi connectivity index (χ0) is 24.6. The summed E-state index contributed by atoms with van der Waals surface area (Å²) in [5, 5.41) is 4.33. The number of anilines is 2. The molecule has 3 fully saturated rings. The third-order valence-corrected chi connectivity index (χ3v) is 6.90. The van der Waals surface area contributed by atoms with Gasteiger partial charge in [-0.05, 0) is 25.0 Å². The van der Waals surface area contributed by atoms with Gasteiger partial charge < -0.3 is 34.5 Å². The number of hydrogen-bond acceptors (Lipinski definition) is 10. The maximum absolute atomic E-state index is 13.5. The van der Waals surface area contributed by atoms with Crippen LogP contribution in [0.25, 0.3) is 17.4 Å². The maximum atomic E-state index is 13.5. The molecule has 3 saturated heterocycles. The van der Waals surface area contributed by atoms with Crippen molar-refractivity contribution in [2.75, 3.05) is 69.7 Å². The van der Waals surface area contributed by atoms with Crippen molar-refractivity contribution in [1.82, 2.24) is 39.3 Å². The van der Waals surface area contributed by atoms with E-state index in [1.54, 1.807) is 18.4 Å². The Labute approximate surface area is 206 Å². The highest BCUT2D eigenvalue weighted by molar-refractivity contribution is 5.86. The lowest BCUT2D eigenvalue weighted by molar-refractivity contribution is -0.133. The van der Waals surface area contributed by atoms with Crippen molar-refractivity contribution < 1.29 is 18.7 Å². The summed E-state index contributed by atoms with van der Waals surface area (Å²) in [6.07, 6.45) is 3.08. The lowest BCUT2D eigenvalue weighted by atomic mass is 10.1. The lowest BCUT2D eigenvalue weighted by Gasteiger charge is -2.39. The number of nitrogens with two attached hydrogens (primary N) is 1. The molecule has 2 N–H and O–H groups in total. The largest absolute Gasteiger partial charge is 0.461 e. The van der Waals surface area contributed by atoms with Crippen LogP contribution in [0, 0.1) is 0 Å². The summed E-state index contributed by atoms with van der Waals surface area (Å²) in [6.45, 7) is 5.02. The van der Waals surface area contributed by atoms with Gasteiger partial charge >= 0.3 is 6.03 Å². The van der Waals surface area contributed by atoms with Gasteiger partial charge in [0.2, 0.25) is 23.6 Å². The average molecular weight is 497 g/mol. The average Bonchev–Trinajstić information content (AvgIpc) is 3.69. The van der Waals surface area contributed by atoms with E-state index in [1.165, 1.54) is 4.52 Å². The second-order valence-corrected chi connectivity index (χ2v) is 9.05. The zero-order valence-corrected chi connectivity index (χ0v) is 19.8. The van der Waals surface area contributed by atoms with E-state index in [2.05, 4.69) is 20.1 Å². The number of fused-ring (bicyclic) bond motifs is 1. The molecule has 36 heavy (non-hydrogen) atoms. The van der Waals surface area contributed by atoms with E-state index in [0.29, 0.717) is 83.0 Å². The molecule has 0 unspecified atom stereocenters. The molecule has 0 aromatic carbocycles. The van der Waals surface area contributed by atoms with Crippen molar-refractivity contribution in [2.24, 2.45) is 0 Å². The first-order valence-electron chi connectivity index (χ1n) is 12.2. The predicted molar refractivity (Wildman–Crippen MR) is 127 cm³/mol. The number of aromatic nitrogens is 5. The number of furan rings is 1. The number of ether oxygens (including phenoxy) is 1. The van der Waals surface area contributed by atoms with Crippen LogP contribution in [0.2, 0.25) is 0 Å². The van der Waals surface area contributed by atoms with Gasteiger partial charge in [-0.25, -0.2) is 4.79 Å². The Morgan fingerprint density at radius 3 is 2.44 bits per heavy atom. The van der Waals surface area contributed by atoms with Crippen molar-refractivity contribution in [3.8, 4) is 11.6 Å². The Morgan fingerprint density at radius 1 is 0.944 bits per heavy atom. The maximum Gasteiger partial charge on any atom is 0.320 e. The Hall–Kier alpha value is -3.94. The van der Waals surface area contributed by atoms with Crippen molar-refractivity contribution in [3.05, 3.63) is 18.4 Å². The van der Waals surface area contributed by atoms with E-state index >= 15 is 0 Å². The Balaban J connectivity index is 1.15. The van der Waals surface area contributed by atoms with E-state index in [9.17, 15) is 9.59 Å². The Kier molecular flexibility index (Phi) is 5.79. The van der Waals surface area contributed by atoms with Gasteiger partial charge in [0.05, 0.1) is 19.5 Å². The minimum absolute atomic E-state index is 0.0192. The fraction of sp³-hybridized carbons (Fsp3) is 0.545. The minimum atomic E-state index is -0.388. The molecule has 3 aromatic heterocycles. The van der Waals surface area contributed by atoms with Crippen LogP contribution in [-0.4, -0.2) is 116 Å². The van der Waals surface area contributed by atoms with Gasteiger partial charge in [-0.15, -0.1) is 5.10 Å².